The van der Waals surface area contributed by atoms with E-state index in [1.165, 1.54) is 6.20 Å². The van der Waals surface area contributed by atoms with Crippen LogP contribution in [0.15, 0.2) is 28.8 Å². The topological polar surface area (TPSA) is 63.3 Å². The van der Waals surface area contributed by atoms with Gasteiger partial charge in [-0.15, -0.1) is 0 Å². The molecule has 4 nitrogen and oxygen atoms in total. The highest BCUT2D eigenvalue weighted by Crippen LogP contribution is 2.30. The average Bonchev–Trinajstić information content (AvgIpc) is 2.70. The van der Waals surface area contributed by atoms with Gasteiger partial charge in [-0.2, -0.15) is 0 Å². The maximum atomic E-state index is 10.6. The highest BCUT2D eigenvalue weighted by atomic mass is 35.5. The molecule has 2 rings (SSSR count). The smallest absolute Gasteiger partial charge is 0.392 e. The van der Waals surface area contributed by atoms with Crippen LogP contribution in [0, 0.1) is 0 Å². The van der Waals surface area contributed by atoms with Crippen molar-refractivity contribution in [3.63, 3.8) is 0 Å². The molecule has 1 heterocycles. The van der Waals surface area contributed by atoms with Crippen molar-refractivity contribution < 1.29 is 14.3 Å². The molecule has 2 aromatic rings. The zero-order valence-corrected chi connectivity index (χ0v) is 9.29. The molecule has 1 aromatic carbocycles. The normalized spacial score (nSPS) is 10.4. The zero-order chi connectivity index (χ0) is 11.7. The number of hydrogen-bond acceptors (Lipinski definition) is 3. The van der Waals surface area contributed by atoms with Gasteiger partial charge >= 0.3 is 11.9 Å². The highest BCUT2D eigenvalue weighted by molar-refractivity contribution is 6.35. The van der Waals surface area contributed by atoms with E-state index in [9.17, 15) is 4.79 Å². The van der Waals surface area contributed by atoms with E-state index < -0.39 is 5.97 Å². The molecule has 0 saturated carbocycles. The zero-order valence-electron chi connectivity index (χ0n) is 7.78. The van der Waals surface area contributed by atoms with Gasteiger partial charge in [0.1, 0.15) is 0 Å². The number of carboxylic acid groups (broad SMARTS) is 1. The Balaban J connectivity index is 2.50. The Morgan fingerprint density at radius 3 is 2.75 bits per heavy atom. The summed E-state index contributed by atoms with van der Waals surface area (Å²) < 4.78 is 5.01. The van der Waals surface area contributed by atoms with Crippen LogP contribution in [0.25, 0.3) is 11.3 Å². The maximum absolute atomic E-state index is 10.6. The van der Waals surface area contributed by atoms with Crippen molar-refractivity contribution in [3.05, 3.63) is 40.3 Å². The van der Waals surface area contributed by atoms with Gasteiger partial charge in [0.05, 0.1) is 11.2 Å². The summed E-state index contributed by atoms with van der Waals surface area (Å²) >= 11 is 11.7. The number of benzene rings is 1. The van der Waals surface area contributed by atoms with Gasteiger partial charge in [0.2, 0.25) is 0 Å². The van der Waals surface area contributed by atoms with Crippen LogP contribution in [0.2, 0.25) is 10.0 Å². The maximum Gasteiger partial charge on any atom is 0.392 e. The Bertz CT molecular complexity index is 551. The van der Waals surface area contributed by atoms with Crippen molar-refractivity contribution in [1.29, 1.82) is 0 Å². The molecule has 0 unspecified atom stereocenters. The van der Waals surface area contributed by atoms with Crippen molar-refractivity contribution in [1.82, 2.24) is 4.98 Å². The molecule has 6 heteroatoms. The van der Waals surface area contributed by atoms with Gasteiger partial charge in [-0.1, -0.05) is 23.2 Å². The van der Waals surface area contributed by atoms with E-state index in [1.807, 2.05) is 0 Å². The first kappa shape index (κ1) is 11.0. The van der Waals surface area contributed by atoms with Crippen LogP contribution in [0.4, 0.5) is 0 Å². The number of carbonyl (C=O) groups is 1. The lowest BCUT2D eigenvalue weighted by Gasteiger charge is -1.99. The fourth-order valence-corrected chi connectivity index (χ4v) is 1.57. The Morgan fingerprint density at radius 2 is 2.12 bits per heavy atom. The van der Waals surface area contributed by atoms with E-state index >= 15 is 0 Å². The Kier molecular flexibility index (Phi) is 2.85. The summed E-state index contributed by atoms with van der Waals surface area (Å²) in [5, 5.41) is 9.55. The second kappa shape index (κ2) is 4.15. The van der Waals surface area contributed by atoms with Gasteiger partial charge in [-0.3, -0.25) is 0 Å². The number of hydrogen-bond donors (Lipinski definition) is 1. The van der Waals surface area contributed by atoms with E-state index in [-0.39, 0.29) is 11.7 Å². The number of carboxylic acids is 1. The quantitative estimate of drug-likeness (QED) is 0.897. The van der Waals surface area contributed by atoms with Gasteiger partial charge in [-0.05, 0) is 18.2 Å². The Hall–Kier alpha value is -1.52. The van der Waals surface area contributed by atoms with Crippen LogP contribution >= 0.6 is 23.2 Å². The minimum Gasteiger partial charge on any atom is -0.474 e. The molecule has 0 saturated heterocycles. The van der Waals surface area contributed by atoms with Gasteiger partial charge < -0.3 is 9.52 Å². The summed E-state index contributed by atoms with van der Waals surface area (Å²) in [6, 6.07) is 4.81. The lowest BCUT2D eigenvalue weighted by Crippen LogP contribution is -1.94. The number of rotatable bonds is 2. The first-order chi connectivity index (χ1) is 7.58. The molecule has 0 aliphatic carbocycles. The summed E-state index contributed by atoms with van der Waals surface area (Å²) in [6.07, 6.45) is 1.29. The van der Waals surface area contributed by atoms with Gasteiger partial charge in [0.25, 0.3) is 0 Å². The third-order valence-electron chi connectivity index (χ3n) is 1.88. The first-order valence-electron chi connectivity index (χ1n) is 4.22. The van der Waals surface area contributed by atoms with Gasteiger partial charge in [-0.25, -0.2) is 9.78 Å². The average molecular weight is 258 g/mol. The number of aromatic nitrogens is 1. The molecule has 1 N–H and O–H groups in total. The van der Waals surface area contributed by atoms with Crippen LogP contribution in [0.5, 0.6) is 0 Å². The van der Waals surface area contributed by atoms with Crippen molar-refractivity contribution in [3.8, 4) is 11.3 Å². The van der Waals surface area contributed by atoms with Crippen LogP contribution < -0.4 is 0 Å². The predicted octanol–water partition coefficient (Wildman–Crippen LogP) is 3.35. The number of nitrogens with zero attached hydrogens (tertiary/aromatic N) is 1. The minimum absolute atomic E-state index is 0.268. The fraction of sp³-hybridized carbons (Fsp3) is 0. The lowest BCUT2D eigenvalue weighted by atomic mass is 10.2. The molecule has 0 bridgehead atoms. The molecular formula is C10H5Cl2NO3. The predicted molar refractivity (Wildman–Crippen MR) is 58.9 cm³/mol. The van der Waals surface area contributed by atoms with Crippen LogP contribution in [0.3, 0.4) is 0 Å². The van der Waals surface area contributed by atoms with Crippen molar-refractivity contribution in [2.75, 3.05) is 0 Å². The summed E-state index contributed by atoms with van der Waals surface area (Å²) in [5.41, 5.74) is 0.508. The van der Waals surface area contributed by atoms with E-state index in [0.29, 0.717) is 15.6 Å². The molecular weight excluding hydrogens is 253 g/mol. The second-order valence-corrected chi connectivity index (χ2v) is 3.80. The summed E-state index contributed by atoms with van der Waals surface area (Å²) in [4.78, 5) is 14.2. The van der Waals surface area contributed by atoms with Crippen molar-refractivity contribution in [2.45, 2.75) is 0 Å². The molecule has 0 spiro atoms. The van der Waals surface area contributed by atoms with E-state index in [2.05, 4.69) is 4.98 Å². The Labute approximate surface area is 100 Å². The molecule has 0 aliphatic rings. The van der Waals surface area contributed by atoms with Gasteiger partial charge in [0, 0.05) is 10.6 Å². The Morgan fingerprint density at radius 1 is 1.38 bits per heavy atom. The third kappa shape index (κ3) is 2.03. The number of halogens is 2. The lowest BCUT2D eigenvalue weighted by molar-refractivity contribution is 0.0654. The van der Waals surface area contributed by atoms with E-state index in [1.54, 1.807) is 18.2 Å². The molecule has 0 atom stereocenters. The highest BCUT2D eigenvalue weighted by Gasteiger charge is 2.14. The van der Waals surface area contributed by atoms with Gasteiger partial charge in [0.15, 0.2) is 5.76 Å². The molecule has 82 valence electrons. The fourth-order valence-electron chi connectivity index (χ4n) is 1.18. The molecule has 0 radical (unpaired) electrons. The molecule has 0 amide bonds. The molecule has 16 heavy (non-hydrogen) atoms. The van der Waals surface area contributed by atoms with Crippen molar-refractivity contribution >= 4 is 29.2 Å². The molecule has 0 fully saturated rings. The minimum atomic E-state index is -1.23. The summed E-state index contributed by atoms with van der Waals surface area (Å²) in [5.74, 6) is -1.35. The summed E-state index contributed by atoms with van der Waals surface area (Å²) in [6.45, 7) is 0. The third-order valence-corrected chi connectivity index (χ3v) is 2.45. The largest absolute Gasteiger partial charge is 0.474 e. The van der Waals surface area contributed by atoms with E-state index in [4.69, 9.17) is 32.7 Å². The van der Waals surface area contributed by atoms with E-state index in [0.717, 1.165) is 0 Å². The van der Waals surface area contributed by atoms with Crippen LogP contribution in [0.1, 0.15) is 10.7 Å². The monoisotopic (exact) mass is 257 g/mol. The molecule has 1 aromatic heterocycles. The van der Waals surface area contributed by atoms with Crippen LogP contribution in [-0.4, -0.2) is 16.1 Å². The summed E-state index contributed by atoms with van der Waals surface area (Å²) in [7, 11) is 0. The first-order valence-corrected chi connectivity index (χ1v) is 4.98. The molecule has 0 aliphatic heterocycles. The second-order valence-electron chi connectivity index (χ2n) is 2.96. The van der Waals surface area contributed by atoms with Crippen LogP contribution in [-0.2, 0) is 0 Å². The SMILES string of the molecule is O=C(O)c1ncc(-c2cc(Cl)ccc2Cl)o1. The standard InChI is InChI=1S/C10H5Cl2NO3/c11-5-1-2-7(12)6(3-5)8-4-13-9(16-8)10(14)15/h1-4H,(H,14,15). The number of aromatic carboxylic acids is 1. The van der Waals surface area contributed by atoms with Crippen molar-refractivity contribution in [2.24, 2.45) is 0 Å². The number of oxazole rings is 1.